The Bertz CT molecular complexity index is 1170. The van der Waals surface area contributed by atoms with Gasteiger partial charge in [-0.05, 0) is 30.4 Å². The lowest BCUT2D eigenvalue weighted by Crippen LogP contribution is -2.49. The van der Waals surface area contributed by atoms with Crippen molar-refractivity contribution in [3.63, 3.8) is 0 Å². The summed E-state index contributed by atoms with van der Waals surface area (Å²) in [5.41, 5.74) is 4.04. The Labute approximate surface area is 209 Å². The first-order valence-electron chi connectivity index (χ1n) is 11.8. The van der Waals surface area contributed by atoms with Crippen molar-refractivity contribution in [3.05, 3.63) is 59.1 Å². The molecule has 9 heteroatoms. The molecule has 0 saturated carbocycles. The standard InChI is InChI=1S/C26H32N4O4S/c1-15-10-21(34-29-15)23(26(3,4)5)25(33)30-13-19(31)11-20(30)24(32)28-16(2)17-6-8-18(9-7-17)22-12-27-14-35-22/h6-10,12,14,16,19-20,23,31H,11,13H2,1-5H3,(H,28,32)/t16-,19+,20-,23?/m0/s1. The first kappa shape index (κ1) is 25.1. The number of benzene rings is 1. The fourth-order valence-electron chi connectivity index (χ4n) is 4.60. The van der Waals surface area contributed by atoms with E-state index >= 15 is 0 Å². The molecule has 8 nitrogen and oxygen atoms in total. The van der Waals surface area contributed by atoms with Gasteiger partial charge in [0.1, 0.15) is 17.7 Å². The van der Waals surface area contributed by atoms with E-state index in [2.05, 4.69) is 15.5 Å². The molecule has 2 N–H and O–H groups in total. The van der Waals surface area contributed by atoms with Gasteiger partial charge in [-0.2, -0.15) is 0 Å². The van der Waals surface area contributed by atoms with E-state index in [1.165, 1.54) is 4.90 Å². The largest absolute Gasteiger partial charge is 0.391 e. The second kappa shape index (κ2) is 9.91. The molecule has 0 aliphatic carbocycles. The molecule has 2 aromatic heterocycles. The van der Waals surface area contributed by atoms with Gasteiger partial charge in [0.05, 0.1) is 28.2 Å². The molecule has 1 aliphatic rings. The minimum atomic E-state index is -0.763. The van der Waals surface area contributed by atoms with Crippen LogP contribution in [0, 0.1) is 12.3 Å². The van der Waals surface area contributed by atoms with E-state index in [1.807, 2.05) is 58.2 Å². The molecule has 1 unspecified atom stereocenters. The smallest absolute Gasteiger partial charge is 0.243 e. The lowest BCUT2D eigenvalue weighted by Gasteiger charge is -2.33. The van der Waals surface area contributed by atoms with E-state index in [4.69, 9.17) is 4.52 Å². The number of aliphatic hydroxyl groups is 1. The number of likely N-dealkylation sites (tertiary alicyclic amines) is 1. The number of hydrogen-bond donors (Lipinski definition) is 2. The number of rotatable bonds is 6. The average molecular weight is 497 g/mol. The summed E-state index contributed by atoms with van der Waals surface area (Å²) in [4.78, 5) is 33.7. The van der Waals surface area contributed by atoms with Crippen molar-refractivity contribution in [2.24, 2.45) is 5.41 Å². The van der Waals surface area contributed by atoms with Gasteiger partial charge in [0, 0.05) is 25.2 Å². The van der Waals surface area contributed by atoms with Crippen LogP contribution >= 0.6 is 11.3 Å². The van der Waals surface area contributed by atoms with Gasteiger partial charge in [-0.3, -0.25) is 14.6 Å². The molecule has 35 heavy (non-hydrogen) atoms. The summed E-state index contributed by atoms with van der Waals surface area (Å²) in [7, 11) is 0. The minimum Gasteiger partial charge on any atom is -0.391 e. The highest BCUT2D eigenvalue weighted by Gasteiger charge is 2.46. The quantitative estimate of drug-likeness (QED) is 0.532. The molecule has 3 heterocycles. The number of aryl methyl sites for hydroxylation is 1. The van der Waals surface area contributed by atoms with E-state index < -0.39 is 23.5 Å². The van der Waals surface area contributed by atoms with Gasteiger partial charge in [0.25, 0.3) is 0 Å². The number of aliphatic hydroxyl groups excluding tert-OH is 1. The molecule has 0 bridgehead atoms. The number of amides is 2. The summed E-state index contributed by atoms with van der Waals surface area (Å²) in [5.74, 6) is -0.682. The third kappa shape index (κ3) is 5.46. The van der Waals surface area contributed by atoms with Crippen LogP contribution in [0.2, 0.25) is 0 Å². The first-order valence-corrected chi connectivity index (χ1v) is 12.6. The summed E-state index contributed by atoms with van der Waals surface area (Å²) in [6, 6.07) is 8.71. The van der Waals surface area contributed by atoms with Crippen molar-refractivity contribution in [2.45, 2.75) is 65.1 Å². The number of carbonyl (C=O) groups is 2. The summed E-state index contributed by atoms with van der Waals surface area (Å²) < 4.78 is 5.45. The molecule has 0 radical (unpaired) electrons. The third-order valence-corrected chi connectivity index (χ3v) is 7.22. The highest BCUT2D eigenvalue weighted by Crippen LogP contribution is 2.38. The maximum absolute atomic E-state index is 13.7. The van der Waals surface area contributed by atoms with E-state index in [1.54, 1.807) is 29.8 Å². The highest BCUT2D eigenvalue weighted by atomic mass is 32.1. The monoisotopic (exact) mass is 496 g/mol. The Morgan fingerprint density at radius 1 is 1.26 bits per heavy atom. The Morgan fingerprint density at radius 3 is 2.54 bits per heavy atom. The Morgan fingerprint density at radius 2 is 1.97 bits per heavy atom. The van der Waals surface area contributed by atoms with Crippen molar-refractivity contribution < 1.29 is 19.2 Å². The Hall–Kier alpha value is -3.04. The third-order valence-electron chi connectivity index (χ3n) is 6.39. The number of carbonyl (C=O) groups excluding carboxylic acids is 2. The molecule has 1 saturated heterocycles. The van der Waals surface area contributed by atoms with Crippen molar-refractivity contribution in [3.8, 4) is 10.4 Å². The van der Waals surface area contributed by atoms with Crippen LogP contribution in [0.4, 0.5) is 0 Å². The molecule has 1 fully saturated rings. The lowest BCUT2D eigenvalue weighted by molar-refractivity contribution is -0.142. The lowest BCUT2D eigenvalue weighted by atomic mass is 9.78. The van der Waals surface area contributed by atoms with Crippen LogP contribution < -0.4 is 5.32 Å². The van der Waals surface area contributed by atoms with E-state index in [-0.39, 0.29) is 30.8 Å². The van der Waals surface area contributed by atoms with Crippen molar-refractivity contribution >= 4 is 23.2 Å². The van der Waals surface area contributed by atoms with Gasteiger partial charge >= 0.3 is 0 Å². The van der Waals surface area contributed by atoms with Gasteiger partial charge in [0.15, 0.2) is 0 Å². The molecule has 0 spiro atoms. The van der Waals surface area contributed by atoms with Crippen LogP contribution in [-0.2, 0) is 9.59 Å². The molecule has 1 aliphatic heterocycles. The molecule has 4 rings (SSSR count). The first-order chi connectivity index (χ1) is 16.5. The van der Waals surface area contributed by atoms with Gasteiger partial charge in [-0.25, -0.2) is 0 Å². The minimum absolute atomic E-state index is 0.106. The second-order valence-corrected chi connectivity index (χ2v) is 11.2. The molecular weight excluding hydrogens is 464 g/mol. The predicted molar refractivity (Wildman–Crippen MR) is 134 cm³/mol. The van der Waals surface area contributed by atoms with Gasteiger partial charge in [-0.1, -0.05) is 50.2 Å². The number of β-amino-alcohol motifs (C(OH)–C–C–N with tert-alkyl or cyclic N) is 1. The highest BCUT2D eigenvalue weighted by molar-refractivity contribution is 7.13. The number of nitrogens with one attached hydrogen (secondary N) is 1. The zero-order valence-electron chi connectivity index (χ0n) is 20.7. The Balaban J connectivity index is 1.49. The molecule has 2 amide bonds. The average Bonchev–Trinajstić information content (AvgIpc) is 3.54. The molecule has 4 atom stereocenters. The molecular formula is C26H32N4O4S. The van der Waals surface area contributed by atoms with Crippen LogP contribution in [0.15, 0.2) is 46.6 Å². The SMILES string of the molecule is Cc1cc(C(C(=O)N2C[C@H](O)C[C@H]2C(=O)N[C@@H](C)c2ccc(-c3cncs3)cc2)C(C)(C)C)on1. The molecule has 186 valence electrons. The number of hydrogen-bond acceptors (Lipinski definition) is 7. The predicted octanol–water partition coefficient (Wildman–Crippen LogP) is 4.08. The number of thiazole rings is 1. The summed E-state index contributed by atoms with van der Waals surface area (Å²) in [5, 5.41) is 17.4. The Kier molecular flexibility index (Phi) is 7.10. The summed E-state index contributed by atoms with van der Waals surface area (Å²) >= 11 is 1.57. The molecule has 1 aromatic carbocycles. The normalized spacial score (nSPS) is 20.0. The van der Waals surface area contributed by atoms with Gasteiger partial charge < -0.3 is 19.8 Å². The van der Waals surface area contributed by atoms with Crippen LogP contribution in [0.25, 0.3) is 10.4 Å². The zero-order valence-corrected chi connectivity index (χ0v) is 21.5. The zero-order chi connectivity index (χ0) is 25.3. The topological polar surface area (TPSA) is 109 Å². The van der Waals surface area contributed by atoms with E-state index in [0.717, 1.165) is 16.0 Å². The van der Waals surface area contributed by atoms with Gasteiger partial charge in [0.2, 0.25) is 11.8 Å². The second-order valence-electron chi connectivity index (χ2n) is 10.3. The van der Waals surface area contributed by atoms with Gasteiger partial charge in [-0.15, -0.1) is 11.3 Å². The molecule has 3 aromatic rings. The van der Waals surface area contributed by atoms with Crippen molar-refractivity contribution in [1.29, 1.82) is 0 Å². The van der Waals surface area contributed by atoms with Crippen molar-refractivity contribution in [2.75, 3.05) is 6.54 Å². The van der Waals surface area contributed by atoms with E-state index in [9.17, 15) is 14.7 Å². The number of nitrogens with zero attached hydrogens (tertiary/aromatic N) is 3. The fraction of sp³-hybridized carbons (Fsp3) is 0.462. The van der Waals surface area contributed by atoms with Crippen molar-refractivity contribution in [1.82, 2.24) is 20.4 Å². The summed E-state index contributed by atoms with van der Waals surface area (Å²) in [6.07, 6.45) is 1.26. The summed E-state index contributed by atoms with van der Waals surface area (Å²) in [6.45, 7) is 9.67. The van der Waals surface area contributed by atoms with Crippen LogP contribution in [0.5, 0.6) is 0 Å². The maximum Gasteiger partial charge on any atom is 0.243 e. The van der Waals surface area contributed by atoms with Crippen LogP contribution in [0.3, 0.4) is 0 Å². The number of aromatic nitrogens is 2. The van der Waals surface area contributed by atoms with Crippen LogP contribution in [0.1, 0.15) is 63.1 Å². The fourth-order valence-corrected chi connectivity index (χ4v) is 5.23. The maximum atomic E-state index is 13.7. The van der Waals surface area contributed by atoms with E-state index in [0.29, 0.717) is 11.5 Å². The van der Waals surface area contributed by atoms with Crippen LogP contribution in [-0.4, -0.2) is 50.7 Å².